The van der Waals surface area contributed by atoms with Crippen LogP contribution in [0.4, 0.5) is 11.4 Å². The van der Waals surface area contributed by atoms with Crippen molar-refractivity contribution >= 4 is 55.7 Å². The Kier molecular flexibility index (Phi) is 7.97. The summed E-state index contributed by atoms with van der Waals surface area (Å²) in [4.78, 5) is 16.7. The Morgan fingerprint density at radius 2 is 1.92 bits per heavy atom. The van der Waals surface area contributed by atoms with E-state index in [1.807, 2.05) is 18.2 Å². The second kappa shape index (κ2) is 9.97. The van der Waals surface area contributed by atoms with Gasteiger partial charge < -0.3 is 10.6 Å². The molecule has 25 heavy (non-hydrogen) atoms. The number of carbonyl (C=O) groups is 1. The van der Waals surface area contributed by atoms with Crippen LogP contribution in [0.1, 0.15) is 52.4 Å². The average Bonchev–Trinajstić information content (AvgIpc) is 2.59. The van der Waals surface area contributed by atoms with E-state index in [0.717, 1.165) is 59.7 Å². The van der Waals surface area contributed by atoms with Crippen LogP contribution in [0, 0.1) is 0 Å². The molecule has 0 saturated heterocycles. The molecule has 2 rings (SSSR count). The SMILES string of the molecule is CCCCCNc1c(NC(=O)CCCC)c(Cl)nc2ccc(Br)cc12. The molecule has 0 aliphatic carbocycles. The Balaban J connectivity index is 2.38. The molecule has 0 aliphatic rings. The monoisotopic (exact) mass is 425 g/mol. The van der Waals surface area contributed by atoms with Crippen LogP contribution in [0.5, 0.6) is 0 Å². The van der Waals surface area contributed by atoms with Crippen molar-refractivity contribution in [2.75, 3.05) is 17.2 Å². The van der Waals surface area contributed by atoms with Gasteiger partial charge in [0.15, 0.2) is 5.15 Å². The zero-order valence-corrected chi connectivity index (χ0v) is 17.1. The van der Waals surface area contributed by atoms with E-state index in [1.165, 1.54) is 0 Å². The lowest BCUT2D eigenvalue weighted by Gasteiger charge is -2.17. The summed E-state index contributed by atoms with van der Waals surface area (Å²) in [7, 11) is 0. The minimum Gasteiger partial charge on any atom is -0.383 e. The molecule has 136 valence electrons. The van der Waals surface area contributed by atoms with Crippen LogP contribution in [-0.4, -0.2) is 17.4 Å². The molecular weight excluding hydrogens is 402 g/mol. The van der Waals surface area contributed by atoms with Crippen LogP contribution < -0.4 is 10.6 Å². The molecule has 4 nitrogen and oxygen atoms in total. The quantitative estimate of drug-likeness (QED) is 0.361. The number of nitrogens with zero attached hydrogens (tertiary/aromatic N) is 1. The Labute approximate surface area is 162 Å². The average molecular weight is 427 g/mol. The first kappa shape index (κ1) is 20.0. The van der Waals surface area contributed by atoms with E-state index in [4.69, 9.17) is 11.6 Å². The first-order valence-corrected chi connectivity index (χ1v) is 10.1. The third-order valence-corrected chi connectivity index (χ3v) is 4.77. The van der Waals surface area contributed by atoms with Gasteiger partial charge in [0, 0.05) is 22.8 Å². The standard InChI is InChI=1S/C19H25BrClN3O/c1-3-5-7-11-22-17-14-12-13(20)9-10-15(14)23-19(21)18(17)24-16(25)8-6-4-2/h9-10,12H,3-8,11H2,1-2H3,(H,22,23)(H,24,25). The van der Waals surface area contributed by atoms with Gasteiger partial charge in [0.2, 0.25) is 5.91 Å². The van der Waals surface area contributed by atoms with E-state index in [9.17, 15) is 4.79 Å². The van der Waals surface area contributed by atoms with Gasteiger partial charge in [-0.15, -0.1) is 0 Å². The summed E-state index contributed by atoms with van der Waals surface area (Å²) in [5, 5.41) is 7.68. The van der Waals surface area contributed by atoms with Gasteiger partial charge in [-0.2, -0.15) is 0 Å². The summed E-state index contributed by atoms with van der Waals surface area (Å²) in [6, 6.07) is 5.86. The van der Waals surface area contributed by atoms with Gasteiger partial charge in [-0.25, -0.2) is 4.98 Å². The number of nitrogens with one attached hydrogen (secondary N) is 2. The predicted molar refractivity (Wildman–Crippen MR) is 111 cm³/mol. The summed E-state index contributed by atoms with van der Waals surface area (Å²) in [6.07, 6.45) is 5.70. The molecule has 1 aromatic heterocycles. The number of benzene rings is 1. The van der Waals surface area contributed by atoms with Crippen LogP contribution in [0.25, 0.3) is 10.9 Å². The van der Waals surface area contributed by atoms with E-state index >= 15 is 0 Å². The minimum atomic E-state index is -0.0310. The minimum absolute atomic E-state index is 0.0310. The highest BCUT2D eigenvalue weighted by atomic mass is 79.9. The highest BCUT2D eigenvalue weighted by molar-refractivity contribution is 9.10. The number of aromatic nitrogens is 1. The van der Waals surface area contributed by atoms with Crippen molar-refractivity contribution in [2.24, 2.45) is 0 Å². The molecule has 0 saturated carbocycles. The van der Waals surface area contributed by atoms with Gasteiger partial charge in [-0.3, -0.25) is 4.79 Å². The number of pyridine rings is 1. The Morgan fingerprint density at radius 1 is 1.16 bits per heavy atom. The summed E-state index contributed by atoms with van der Waals surface area (Å²) in [5.41, 5.74) is 2.22. The molecule has 1 heterocycles. The van der Waals surface area contributed by atoms with E-state index in [2.05, 4.69) is 45.4 Å². The number of halogens is 2. The lowest BCUT2D eigenvalue weighted by molar-refractivity contribution is -0.116. The van der Waals surface area contributed by atoms with Crippen LogP contribution in [-0.2, 0) is 4.79 Å². The largest absolute Gasteiger partial charge is 0.383 e. The summed E-state index contributed by atoms with van der Waals surface area (Å²) in [6.45, 7) is 5.07. The van der Waals surface area contributed by atoms with Gasteiger partial charge >= 0.3 is 0 Å². The van der Waals surface area contributed by atoms with Crippen molar-refractivity contribution < 1.29 is 4.79 Å². The number of hydrogen-bond donors (Lipinski definition) is 2. The fraction of sp³-hybridized carbons (Fsp3) is 0.474. The molecule has 0 aliphatic heterocycles. The Hall–Kier alpha value is -1.33. The molecule has 6 heteroatoms. The number of amides is 1. The van der Waals surface area contributed by atoms with Crippen LogP contribution in [0.2, 0.25) is 5.15 Å². The Bertz CT molecular complexity index is 736. The molecule has 2 aromatic rings. The highest BCUT2D eigenvalue weighted by Gasteiger charge is 2.16. The third kappa shape index (κ3) is 5.58. The second-order valence-corrected chi connectivity index (χ2v) is 7.37. The fourth-order valence-corrected chi connectivity index (χ4v) is 3.22. The molecule has 2 N–H and O–H groups in total. The van der Waals surface area contributed by atoms with Gasteiger partial charge in [0.25, 0.3) is 0 Å². The summed E-state index contributed by atoms with van der Waals surface area (Å²) >= 11 is 9.90. The third-order valence-electron chi connectivity index (χ3n) is 4.01. The van der Waals surface area contributed by atoms with Crippen LogP contribution >= 0.6 is 27.5 Å². The second-order valence-electron chi connectivity index (χ2n) is 6.10. The molecule has 0 spiro atoms. The fourth-order valence-electron chi connectivity index (χ4n) is 2.63. The summed E-state index contributed by atoms with van der Waals surface area (Å²) in [5.74, 6) is -0.0310. The number of hydrogen-bond acceptors (Lipinski definition) is 3. The van der Waals surface area contributed by atoms with E-state index in [1.54, 1.807) is 0 Å². The van der Waals surface area contributed by atoms with Crippen molar-refractivity contribution in [3.8, 4) is 0 Å². The molecular formula is C19H25BrClN3O. The maximum atomic E-state index is 12.2. The van der Waals surface area contributed by atoms with Gasteiger partial charge in [-0.1, -0.05) is 60.6 Å². The zero-order chi connectivity index (χ0) is 18.2. The molecule has 0 fully saturated rings. The number of anilines is 2. The van der Waals surface area contributed by atoms with Gasteiger partial charge in [0.05, 0.1) is 11.2 Å². The van der Waals surface area contributed by atoms with Crippen molar-refractivity contribution in [1.82, 2.24) is 4.98 Å². The number of fused-ring (bicyclic) bond motifs is 1. The van der Waals surface area contributed by atoms with E-state index in [-0.39, 0.29) is 5.91 Å². The number of rotatable bonds is 9. The normalized spacial score (nSPS) is 10.9. The molecule has 0 bridgehead atoms. The lowest BCUT2D eigenvalue weighted by atomic mass is 10.1. The molecule has 1 amide bonds. The van der Waals surface area contributed by atoms with Crippen molar-refractivity contribution in [3.63, 3.8) is 0 Å². The lowest BCUT2D eigenvalue weighted by Crippen LogP contribution is -2.15. The smallest absolute Gasteiger partial charge is 0.224 e. The van der Waals surface area contributed by atoms with E-state index in [0.29, 0.717) is 17.3 Å². The summed E-state index contributed by atoms with van der Waals surface area (Å²) < 4.78 is 0.962. The predicted octanol–water partition coefficient (Wildman–Crippen LogP) is 6.38. The van der Waals surface area contributed by atoms with Gasteiger partial charge in [-0.05, 0) is 31.0 Å². The van der Waals surface area contributed by atoms with Crippen LogP contribution in [0.3, 0.4) is 0 Å². The van der Waals surface area contributed by atoms with E-state index < -0.39 is 0 Å². The van der Waals surface area contributed by atoms with Crippen molar-refractivity contribution in [2.45, 2.75) is 52.4 Å². The molecule has 0 atom stereocenters. The van der Waals surface area contributed by atoms with Crippen LogP contribution in [0.15, 0.2) is 22.7 Å². The topological polar surface area (TPSA) is 54.0 Å². The maximum Gasteiger partial charge on any atom is 0.224 e. The first-order valence-electron chi connectivity index (χ1n) is 8.89. The van der Waals surface area contributed by atoms with Crippen molar-refractivity contribution in [3.05, 3.63) is 27.8 Å². The van der Waals surface area contributed by atoms with Crippen molar-refractivity contribution in [1.29, 1.82) is 0 Å². The maximum absolute atomic E-state index is 12.2. The van der Waals surface area contributed by atoms with Gasteiger partial charge in [0.1, 0.15) is 5.69 Å². The number of carbonyl (C=O) groups excluding carboxylic acids is 1. The molecule has 0 unspecified atom stereocenters. The molecule has 0 radical (unpaired) electrons. The first-order chi connectivity index (χ1) is 12.1. The zero-order valence-electron chi connectivity index (χ0n) is 14.8. The number of unbranched alkanes of at least 4 members (excludes halogenated alkanes) is 3. The Morgan fingerprint density at radius 3 is 2.64 bits per heavy atom. The molecule has 1 aromatic carbocycles. The highest BCUT2D eigenvalue weighted by Crippen LogP contribution is 2.37.